The van der Waals surface area contributed by atoms with E-state index >= 15 is 0 Å². The van der Waals surface area contributed by atoms with Crippen LogP contribution < -0.4 is 0 Å². The largest absolute Gasteiger partial charge is 0.387 e. The summed E-state index contributed by atoms with van der Waals surface area (Å²) in [6.07, 6.45) is 1.00. The molecule has 0 amide bonds. The molecule has 17 heavy (non-hydrogen) atoms. The third kappa shape index (κ3) is 3.28. The first-order valence-corrected chi connectivity index (χ1v) is 6.19. The van der Waals surface area contributed by atoms with Crippen molar-refractivity contribution in [2.75, 3.05) is 26.7 Å². The molecular weight excluding hydrogens is 214 g/mol. The molecule has 0 aromatic heterocycles. The van der Waals surface area contributed by atoms with Crippen molar-refractivity contribution in [1.82, 2.24) is 4.90 Å². The van der Waals surface area contributed by atoms with Gasteiger partial charge in [0.1, 0.15) is 0 Å². The first-order valence-electron chi connectivity index (χ1n) is 6.19. The van der Waals surface area contributed by atoms with E-state index in [2.05, 4.69) is 11.8 Å². The molecule has 0 aliphatic carbocycles. The van der Waals surface area contributed by atoms with Gasteiger partial charge in [-0.15, -0.1) is 0 Å². The van der Waals surface area contributed by atoms with Gasteiger partial charge in [-0.2, -0.15) is 0 Å². The molecule has 1 aromatic carbocycles. The molecule has 1 aromatic rings. The molecule has 0 spiro atoms. The highest BCUT2D eigenvalue weighted by Gasteiger charge is 2.24. The predicted molar refractivity (Wildman–Crippen MR) is 68.0 cm³/mol. The number of hydrogen-bond donors (Lipinski definition) is 1. The van der Waals surface area contributed by atoms with E-state index in [9.17, 15) is 5.11 Å². The number of aryl methyl sites for hydroxylation is 1. The Balaban J connectivity index is 1.89. The van der Waals surface area contributed by atoms with Gasteiger partial charge in [0, 0.05) is 26.7 Å². The summed E-state index contributed by atoms with van der Waals surface area (Å²) >= 11 is 0. The van der Waals surface area contributed by atoms with E-state index in [1.807, 2.05) is 24.3 Å². The van der Waals surface area contributed by atoms with E-state index in [4.69, 9.17) is 4.74 Å². The van der Waals surface area contributed by atoms with Crippen molar-refractivity contribution < 1.29 is 9.84 Å². The van der Waals surface area contributed by atoms with Crippen molar-refractivity contribution in [2.24, 2.45) is 0 Å². The highest BCUT2D eigenvalue weighted by molar-refractivity contribution is 5.23. The minimum Gasteiger partial charge on any atom is -0.387 e. The van der Waals surface area contributed by atoms with E-state index in [1.54, 1.807) is 7.11 Å². The number of rotatable bonds is 4. The van der Waals surface area contributed by atoms with Gasteiger partial charge in [0.25, 0.3) is 0 Å². The molecule has 2 unspecified atom stereocenters. The maximum atomic E-state index is 10.1. The van der Waals surface area contributed by atoms with Crippen LogP contribution in [0.3, 0.4) is 0 Å². The number of likely N-dealkylation sites (tertiary alicyclic amines) is 1. The minimum atomic E-state index is -0.397. The van der Waals surface area contributed by atoms with Crippen molar-refractivity contribution in [2.45, 2.75) is 25.6 Å². The molecule has 0 saturated carbocycles. The summed E-state index contributed by atoms with van der Waals surface area (Å²) in [5.74, 6) is 0. The zero-order chi connectivity index (χ0) is 12.3. The second kappa shape index (κ2) is 5.63. The van der Waals surface area contributed by atoms with Crippen LogP contribution in [0.25, 0.3) is 0 Å². The first-order chi connectivity index (χ1) is 8.19. The number of methoxy groups -OCH3 is 1. The monoisotopic (exact) mass is 235 g/mol. The van der Waals surface area contributed by atoms with Crippen LogP contribution in [-0.4, -0.2) is 42.9 Å². The van der Waals surface area contributed by atoms with Crippen LogP contribution in [-0.2, 0) is 4.74 Å². The fraction of sp³-hybridized carbons (Fsp3) is 0.571. The average Bonchev–Trinajstić information content (AvgIpc) is 2.77. The summed E-state index contributed by atoms with van der Waals surface area (Å²) in [5.41, 5.74) is 2.22. The summed E-state index contributed by atoms with van der Waals surface area (Å²) < 4.78 is 5.32. The molecule has 2 rings (SSSR count). The van der Waals surface area contributed by atoms with Gasteiger partial charge < -0.3 is 9.84 Å². The van der Waals surface area contributed by atoms with E-state index in [0.29, 0.717) is 12.6 Å². The number of hydrogen-bond acceptors (Lipinski definition) is 3. The number of benzene rings is 1. The molecule has 1 saturated heterocycles. The van der Waals surface area contributed by atoms with Crippen molar-refractivity contribution in [1.29, 1.82) is 0 Å². The molecule has 2 atom stereocenters. The lowest BCUT2D eigenvalue weighted by Gasteiger charge is -2.20. The summed E-state index contributed by atoms with van der Waals surface area (Å²) in [7, 11) is 1.75. The predicted octanol–water partition coefficient (Wildman–Crippen LogP) is 1.75. The van der Waals surface area contributed by atoms with Gasteiger partial charge in [0.05, 0.1) is 12.2 Å². The van der Waals surface area contributed by atoms with Gasteiger partial charge >= 0.3 is 0 Å². The van der Waals surface area contributed by atoms with Gasteiger partial charge in [0.15, 0.2) is 0 Å². The van der Waals surface area contributed by atoms with E-state index < -0.39 is 6.10 Å². The van der Waals surface area contributed by atoms with Gasteiger partial charge in [-0.25, -0.2) is 0 Å². The quantitative estimate of drug-likeness (QED) is 0.863. The van der Waals surface area contributed by atoms with E-state index in [1.165, 1.54) is 5.56 Å². The lowest BCUT2D eigenvalue weighted by molar-refractivity contribution is 0.0898. The third-order valence-electron chi connectivity index (χ3n) is 3.46. The molecule has 1 heterocycles. The summed E-state index contributed by atoms with van der Waals surface area (Å²) in [6.45, 7) is 4.70. The Morgan fingerprint density at radius 1 is 1.41 bits per heavy atom. The number of β-amino-alcohol motifs (C(OH)–C–C–N with tert-alkyl or cyclic N) is 1. The molecule has 3 nitrogen and oxygen atoms in total. The van der Waals surface area contributed by atoms with Gasteiger partial charge in [0.2, 0.25) is 0 Å². The number of aliphatic hydroxyl groups excluding tert-OH is 1. The Morgan fingerprint density at radius 3 is 2.71 bits per heavy atom. The molecule has 0 bridgehead atoms. The highest BCUT2D eigenvalue weighted by atomic mass is 16.5. The molecule has 1 N–H and O–H groups in total. The topological polar surface area (TPSA) is 32.7 Å². The van der Waals surface area contributed by atoms with Crippen LogP contribution in [0.4, 0.5) is 0 Å². The standard InChI is InChI=1S/C14H21NO2/c1-11-3-5-12(6-4-11)14(16)10-15-8-7-13(9-15)17-2/h3-6,13-14,16H,7-10H2,1-2H3. The first kappa shape index (κ1) is 12.6. The van der Waals surface area contributed by atoms with E-state index in [-0.39, 0.29) is 0 Å². The molecule has 1 fully saturated rings. The van der Waals surface area contributed by atoms with Crippen LogP contribution in [0.1, 0.15) is 23.7 Å². The smallest absolute Gasteiger partial charge is 0.0916 e. The van der Waals surface area contributed by atoms with Crippen molar-refractivity contribution in [3.8, 4) is 0 Å². The minimum absolute atomic E-state index is 0.334. The molecule has 94 valence electrons. The number of ether oxygens (including phenoxy) is 1. The Hall–Kier alpha value is -0.900. The Morgan fingerprint density at radius 2 is 2.12 bits per heavy atom. The second-order valence-electron chi connectivity index (χ2n) is 4.83. The van der Waals surface area contributed by atoms with Gasteiger partial charge in [-0.3, -0.25) is 4.90 Å². The Bertz CT molecular complexity index is 350. The van der Waals surface area contributed by atoms with Crippen LogP contribution >= 0.6 is 0 Å². The number of aliphatic hydroxyl groups is 1. The lowest BCUT2D eigenvalue weighted by Crippen LogP contribution is -2.27. The molecule has 1 aliphatic rings. The highest BCUT2D eigenvalue weighted by Crippen LogP contribution is 2.19. The Kier molecular flexibility index (Phi) is 4.15. The van der Waals surface area contributed by atoms with Crippen LogP contribution in [0.15, 0.2) is 24.3 Å². The van der Waals surface area contributed by atoms with Gasteiger partial charge in [-0.1, -0.05) is 29.8 Å². The summed E-state index contributed by atoms with van der Waals surface area (Å²) in [6, 6.07) is 8.09. The summed E-state index contributed by atoms with van der Waals surface area (Å²) in [4.78, 5) is 2.26. The SMILES string of the molecule is COC1CCN(CC(O)c2ccc(C)cc2)C1. The zero-order valence-electron chi connectivity index (χ0n) is 10.6. The lowest BCUT2D eigenvalue weighted by atomic mass is 10.1. The molecular formula is C14H21NO2. The Labute approximate surface area is 103 Å². The molecule has 3 heteroatoms. The fourth-order valence-electron chi connectivity index (χ4n) is 2.29. The fourth-order valence-corrected chi connectivity index (χ4v) is 2.29. The van der Waals surface area contributed by atoms with E-state index in [0.717, 1.165) is 25.1 Å². The zero-order valence-corrected chi connectivity index (χ0v) is 10.6. The van der Waals surface area contributed by atoms with Crippen LogP contribution in [0.2, 0.25) is 0 Å². The van der Waals surface area contributed by atoms with Crippen LogP contribution in [0, 0.1) is 6.92 Å². The maximum Gasteiger partial charge on any atom is 0.0916 e. The van der Waals surface area contributed by atoms with Crippen molar-refractivity contribution in [3.05, 3.63) is 35.4 Å². The molecule has 1 aliphatic heterocycles. The normalized spacial score (nSPS) is 22.9. The van der Waals surface area contributed by atoms with Crippen molar-refractivity contribution in [3.63, 3.8) is 0 Å². The number of nitrogens with zero attached hydrogens (tertiary/aromatic N) is 1. The molecule has 0 radical (unpaired) electrons. The van der Waals surface area contributed by atoms with Crippen molar-refractivity contribution >= 4 is 0 Å². The van der Waals surface area contributed by atoms with Gasteiger partial charge in [-0.05, 0) is 18.9 Å². The third-order valence-corrected chi connectivity index (χ3v) is 3.46. The average molecular weight is 235 g/mol. The van der Waals surface area contributed by atoms with Crippen LogP contribution in [0.5, 0.6) is 0 Å². The maximum absolute atomic E-state index is 10.1. The summed E-state index contributed by atoms with van der Waals surface area (Å²) in [5, 5.41) is 10.1. The second-order valence-corrected chi connectivity index (χ2v) is 4.83.